The van der Waals surface area contributed by atoms with Gasteiger partial charge in [0.05, 0.1) is 12.1 Å². The van der Waals surface area contributed by atoms with Gasteiger partial charge < -0.3 is 10.2 Å². The number of rotatable bonds is 5. The van der Waals surface area contributed by atoms with E-state index >= 15 is 0 Å². The lowest BCUT2D eigenvalue weighted by molar-refractivity contribution is -0.137. The summed E-state index contributed by atoms with van der Waals surface area (Å²) in [5, 5.41) is 2.69. The molecule has 3 rings (SSSR count). The first-order valence-electron chi connectivity index (χ1n) is 8.97. The van der Waals surface area contributed by atoms with Crippen molar-refractivity contribution >= 4 is 11.6 Å². The minimum Gasteiger partial charge on any atom is -0.369 e. The molecule has 4 nitrogen and oxygen atoms in total. The Balaban J connectivity index is 1.48. The molecule has 0 spiro atoms. The van der Waals surface area contributed by atoms with E-state index in [-0.39, 0.29) is 24.8 Å². The Morgan fingerprint density at radius 1 is 1.00 bits per heavy atom. The highest BCUT2D eigenvalue weighted by Gasteiger charge is 2.31. The van der Waals surface area contributed by atoms with Gasteiger partial charge in [-0.2, -0.15) is 13.2 Å². The van der Waals surface area contributed by atoms with Crippen molar-refractivity contribution in [1.82, 2.24) is 10.2 Å². The topological polar surface area (TPSA) is 35.6 Å². The first-order chi connectivity index (χ1) is 13.3. The van der Waals surface area contributed by atoms with Crippen LogP contribution in [0.15, 0.2) is 48.5 Å². The van der Waals surface area contributed by atoms with E-state index in [1.165, 1.54) is 12.1 Å². The summed E-state index contributed by atoms with van der Waals surface area (Å²) in [4.78, 5) is 15.9. The van der Waals surface area contributed by atoms with Crippen molar-refractivity contribution in [3.8, 4) is 0 Å². The molecule has 0 bridgehead atoms. The van der Waals surface area contributed by atoms with E-state index < -0.39 is 11.7 Å². The second kappa shape index (κ2) is 8.60. The molecule has 1 amide bonds. The molecule has 28 heavy (non-hydrogen) atoms. The fourth-order valence-electron chi connectivity index (χ4n) is 3.14. The molecule has 2 aromatic rings. The quantitative estimate of drug-likeness (QED) is 0.790. The van der Waals surface area contributed by atoms with Crippen LogP contribution in [0.25, 0.3) is 0 Å². The number of amides is 1. The third kappa shape index (κ3) is 5.22. The van der Waals surface area contributed by atoms with Crippen LogP contribution in [-0.4, -0.2) is 43.5 Å². The van der Waals surface area contributed by atoms with E-state index in [4.69, 9.17) is 0 Å². The van der Waals surface area contributed by atoms with Crippen LogP contribution in [0.2, 0.25) is 0 Å². The van der Waals surface area contributed by atoms with Gasteiger partial charge in [0.2, 0.25) is 5.91 Å². The second-order valence-electron chi connectivity index (χ2n) is 6.68. The minimum absolute atomic E-state index is 0.121. The maximum atomic E-state index is 13.6. The molecule has 0 unspecified atom stereocenters. The lowest BCUT2D eigenvalue weighted by atomic mass is 10.1. The van der Waals surface area contributed by atoms with Crippen LogP contribution in [0.1, 0.15) is 11.1 Å². The molecule has 0 atom stereocenters. The summed E-state index contributed by atoms with van der Waals surface area (Å²) in [6.07, 6.45) is -4.37. The van der Waals surface area contributed by atoms with Crippen LogP contribution in [0.3, 0.4) is 0 Å². The predicted octanol–water partition coefficient (Wildman–Crippen LogP) is 3.28. The molecule has 150 valence electrons. The van der Waals surface area contributed by atoms with E-state index in [1.54, 1.807) is 24.3 Å². The molecular formula is C20H21F4N3O. The third-order valence-corrected chi connectivity index (χ3v) is 4.71. The monoisotopic (exact) mass is 395 g/mol. The van der Waals surface area contributed by atoms with Crippen molar-refractivity contribution in [1.29, 1.82) is 0 Å². The Morgan fingerprint density at radius 3 is 2.39 bits per heavy atom. The molecular weight excluding hydrogens is 374 g/mol. The largest absolute Gasteiger partial charge is 0.416 e. The third-order valence-electron chi connectivity index (χ3n) is 4.71. The number of hydrogen-bond acceptors (Lipinski definition) is 3. The fraction of sp³-hybridized carbons (Fsp3) is 0.350. The maximum Gasteiger partial charge on any atom is 0.416 e. The maximum absolute atomic E-state index is 13.6. The van der Waals surface area contributed by atoms with Crippen LogP contribution in [0, 0.1) is 5.82 Å². The zero-order valence-corrected chi connectivity index (χ0v) is 15.2. The van der Waals surface area contributed by atoms with Gasteiger partial charge in [0.25, 0.3) is 0 Å². The molecule has 0 radical (unpaired) electrons. The van der Waals surface area contributed by atoms with Gasteiger partial charge in [0.15, 0.2) is 0 Å². The highest BCUT2D eigenvalue weighted by atomic mass is 19.4. The number of hydrogen-bond donors (Lipinski definition) is 1. The Kier molecular flexibility index (Phi) is 6.18. The molecule has 8 heteroatoms. The van der Waals surface area contributed by atoms with Crippen molar-refractivity contribution in [3.63, 3.8) is 0 Å². The van der Waals surface area contributed by atoms with Gasteiger partial charge in [-0.15, -0.1) is 0 Å². The van der Waals surface area contributed by atoms with Gasteiger partial charge in [-0.3, -0.25) is 9.69 Å². The van der Waals surface area contributed by atoms with Gasteiger partial charge >= 0.3 is 6.18 Å². The number of carbonyl (C=O) groups excluding carboxylic acids is 1. The van der Waals surface area contributed by atoms with Crippen molar-refractivity contribution in [2.45, 2.75) is 12.7 Å². The van der Waals surface area contributed by atoms with Gasteiger partial charge in [0, 0.05) is 44.0 Å². The van der Waals surface area contributed by atoms with Crippen molar-refractivity contribution < 1.29 is 22.4 Å². The Morgan fingerprint density at radius 2 is 1.71 bits per heavy atom. The van der Waals surface area contributed by atoms with Crippen LogP contribution in [-0.2, 0) is 17.5 Å². The number of benzene rings is 2. The highest BCUT2D eigenvalue weighted by Crippen LogP contribution is 2.31. The first kappa shape index (κ1) is 20.1. The molecule has 1 fully saturated rings. The van der Waals surface area contributed by atoms with E-state index in [0.29, 0.717) is 37.4 Å². The fourth-order valence-corrected chi connectivity index (χ4v) is 3.14. The number of anilines is 1. The Bertz CT molecular complexity index is 817. The molecule has 1 heterocycles. The SMILES string of the molecule is O=C(CN1CCN(c2cccc(C(F)(F)F)c2)CC1)NCc1ccccc1F. The van der Waals surface area contributed by atoms with Gasteiger partial charge in [-0.1, -0.05) is 24.3 Å². The molecule has 1 saturated heterocycles. The summed E-state index contributed by atoms with van der Waals surface area (Å²) in [7, 11) is 0. The van der Waals surface area contributed by atoms with E-state index in [9.17, 15) is 22.4 Å². The van der Waals surface area contributed by atoms with Crippen molar-refractivity contribution in [2.24, 2.45) is 0 Å². The minimum atomic E-state index is -4.37. The lowest BCUT2D eigenvalue weighted by Gasteiger charge is -2.36. The normalized spacial score (nSPS) is 15.5. The number of nitrogens with zero attached hydrogens (tertiary/aromatic N) is 2. The predicted molar refractivity (Wildman–Crippen MR) is 98.3 cm³/mol. The lowest BCUT2D eigenvalue weighted by Crippen LogP contribution is -2.49. The standard InChI is InChI=1S/C20H21F4N3O/c21-18-7-2-1-4-15(18)13-25-19(28)14-26-8-10-27(11-9-26)17-6-3-5-16(12-17)20(22,23)24/h1-7,12H,8-11,13-14H2,(H,25,28). The van der Waals surface area contributed by atoms with Crippen LogP contribution in [0.4, 0.5) is 23.2 Å². The summed E-state index contributed by atoms with van der Waals surface area (Å²) in [5.41, 5.74) is 0.281. The number of halogens is 4. The molecule has 1 aliphatic heterocycles. The Labute approximate surface area is 160 Å². The molecule has 0 saturated carbocycles. The van der Waals surface area contributed by atoms with Gasteiger partial charge in [-0.05, 0) is 24.3 Å². The average molecular weight is 395 g/mol. The molecule has 0 aliphatic carbocycles. The van der Waals surface area contributed by atoms with E-state index in [2.05, 4.69) is 5.32 Å². The molecule has 1 N–H and O–H groups in total. The van der Waals surface area contributed by atoms with Crippen LogP contribution in [0.5, 0.6) is 0 Å². The number of alkyl halides is 3. The first-order valence-corrected chi connectivity index (χ1v) is 8.97. The molecule has 0 aromatic heterocycles. The summed E-state index contributed by atoms with van der Waals surface area (Å²) in [5.74, 6) is -0.576. The second-order valence-corrected chi connectivity index (χ2v) is 6.68. The number of carbonyl (C=O) groups is 1. The smallest absolute Gasteiger partial charge is 0.369 e. The summed E-state index contributed by atoms with van der Waals surface area (Å²) in [6, 6.07) is 11.5. The number of piperazine rings is 1. The van der Waals surface area contributed by atoms with Gasteiger partial charge in [-0.25, -0.2) is 4.39 Å². The van der Waals surface area contributed by atoms with E-state index in [0.717, 1.165) is 12.1 Å². The zero-order valence-electron chi connectivity index (χ0n) is 15.2. The highest BCUT2D eigenvalue weighted by molar-refractivity contribution is 5.78. The summed E-state index contributed by atoms with van der Waals surface area (Å²) < 4.78 is 52.2. The van der Waals surface area contributed by atoms with E-state index in [1.807, 2.05) is 9.80 Å². The molecule has 2 aromatic carbocycles. The van der Waals surface area contributed by atoms with Crippen LogP contribution < -0.4 is 10.2 Å². The van der Waals surface area contributed by atoms with Crippen molar-refractivity contribution in [3.05, 3.63) is 65.5 Å². The summed E-state index contributed by atoms with van der Waals surface area (Å²) >= 11 is 0. The average Bonchev–Trinajstić information content (AvgIpc) is 2.67. The van der Waals surface area contributed by atoms with Gasteiger partial charge in [0.1, 0.15) is 5.82 Å². The van der Waals surface area contributed by atoms with Crippen molar-refractivity contribution in [2.75, 3.05) is 37.6 Å². The zero-order chi connectivity index (χ0) is 20.1. The summed E-state index contributed by atoms with van der Waals surface area (Å²) in [6.45, 7) is 2.47. The Hall–Kier alpha value is -2.61. The number of nitrogens with one attached hydrogen (secondary N) is 1. The van der Waals surface area contributed by atoms with Crippen LogP contribution >= 0.6 is 0 Å². The molecule has 1 aliphatic rings.